The minimum atomic E-state index is -0.583. The highest BCUT2D eigenvalue weighted by atomic mass is 32.2. The van der Waals surface area contributed by atoms with Crippen LogP contribution in [0.15, 0.2) is 10.2 Å². The second-order valence-electron chi connectivity index (χ2n) is 3.48. The molecule has 0 spiro atoms. The van der Waals surface area contributed by atoms with E-state index >= 15 is 0 Å². The molecule has 0 aliphatic carbocycles. The highest BCUT2D eigenvalue weighted by Crippen LogP contribution is 2.28. The molecule has 1 rings (SSSR count). The van der Waals surface area contributed by atoms with Crippen LogP contribution in [0.1, 0.15) is 23.7 Å². The van der Waals surface area contributed by atoms with E-state index in [2.05, 4.69) is 9.97 Å². The van der Waals surface area contributed by atoms with Crippen LogP contribution in [0.25, 0.3) is 0 Å². The maximum atomic E-state index is 11.5. The van der Waals surface area contributed by atoms with Crippen molar-refractivity contribution in [2.75, 3.05) is 25.2 Å². The van der Waals surface area contributed by atoms with Crippen LogP contribution in [0.2, 0.25) is 0 Å². The first kappa shape index (κ1) is 16.1. The Morgan fingerprint density at radius 1 is 1.42 bits per heavy atom. The Bertz CT molecular complexity index is 443. The average molecular weight is 302 g/mol. The Labute approximate surface area is 121 Å². The van der Waals surface area contributed by atoms with Crippen LogP contribution in [-0.4, -0.2) is 41.0 Å². The molecule has 1 heterocycles. The van der Waals surface area contributed by atoms with Crippen molar-refractivity contribution in [2.45, 2.75) is 23.5 Å². The lowest BCUT2D eigenvalue weighted by Crippen LogP contribution is -2.18. The third-order valence-corrected chi connectivity index (χ3v) is 3.53. The van der Waals surface area contributed by atoms with Crippen LogP contribution in [0, 0.1) is 0 Å². The number of rotatable bonds is 8. The monoisotopic (exact) mass is 302 g/mol. The molecular formula is C11H18N4O2S2. The SMILES string of the molecule is CCSc1nc(OCCCN)c(C(N)=O)c(SC)n1. The summed E-state index contributed by atoms with van der Waals surface area (Å²) in [5.41, 5.74) is 11.0. The number of carbonyl (C=O) groups is 1. The summed E-state index contributed by atoms with van der Waals surface area (Å²) < 4.78 is 5.51. The first-order chi connectivity index (χ1) is 9.13. The zero-order chi connectivity index (χ0) is 14.3. The molecule has 0 unspecified atom stereocenters. The van der Waals surface area contributed by atoms with Gasteiger partial charge in [0.05, 0.1) is 6.61 Å². The van der Waals surface area contributed by atoms with E-state index in [4.69, 9.17) is 16.2 Å². The van der Waals surface area contributed by atoms with Crippen molar-refractivity contribution in [1.29, 1.82) is 0 Å². The summed E-state index contributed by atoms with van der Waals surface area (Å²) in [5, 5.41) is 1.13. The zero-order valence-corrected chi connectivity index (χ0v) is 12.6. The average Bonchev–Trinajstić information content (AvgIpc) is 2.38. The Balaban J connectivity index is 3.12. The number of nitrogens with zero attached hydrogens (tertiary/aromatic N) is 2. The third kappa shape index (κ3) is 4.55. The summed E-state index contributed by atoms with van der Waals surface area (Å²) in [7, 11) is 0. The zero-order valence-electron chi connectivity index (χ0n) is 11.0. The van der Waals surface area contributed by atoms with Crippen LogP contribution in [0.3, 0.4) is 0 Å². The minimum absolute atomic E-state index is 0.241. The number of hydrogen-bond acceptors (Lipinski definition) is 7. The molecule has 0 bridgehead atoms. The van der Waals surface area contributed by atoms with Crippen molar-refractivity contribution in [3.05, 3.63) is 5.56 Å². The van der Waals surface area contributed by atoms with Gasteiger partial charge in [0.1, 0.15) is 10.6 Å². The van der Waals surface area contributed by atoms with Crippen molar-refractivity contribution >= 4 is 29.4 Å². The van der Waals surface area contributed by atoms with Crippen molar-refractivity contribution in [3.63, 3.8) is 0 Å². The molecule has 0 atom stereocenters. The number of ether oxygens (including phenoxy) is 1. The normalized spacial score (nSPS) is 10.5. The lowest BCUT2D eigenvalue weighted by atomic mass is 10.3. The Morgan fingerprint density at radius 3 is 2.68 bits per heavy atom. The van der Waals surface area contributed by atoms with E-state index in [9.17, 15) is 4.79 Å². The van der Waals surface area contributed by atoms with Gasteiger partial charge in [-0.15, -0.1) is 11.8 Å². The van der Waals surface area contributed by atoms with E-state index in [-0.39, 0.29) is 11.4 Å². The van der Waals surface area contributed by atoms with Gasteiger partial charge in [-0.25, -0.2) is 4.98 Å². The molecule has 0 aliphatic heterocycles. The summed E-state index contributed by atoms with van der Waals surface area (Å²) >= 11 is 2.83. The van der Waals surface area contributed by atoms with E-state index < -0.39 is 5.91 Å². The molecule has 1 amide bonds. The quantitative estimate of drug-likeness (QED) is 0.321. The van der Waals surface area contributed by atoms with Gasteiger partial charge in [0.15, 0.2) is 5.16 Å². The first-order valence-electron chi connectivity index (χ1n) is 5.85. The smallest absolute Gasteiger partial charge is 0.256 e. The van der Waals surface area contributed by atoms with E-state index in [1.807, 2.05) is 13.2 Å². The van der Waals surface area contributed by atoms with Crippen molar-refractivity contribution < 1.29 is 9.53 Å². The number of carbonyl (C=O) groups excluding carboxylic acids is 1. The standard InChI is InChI=1S/C11H18N4O2S2/c1-3-19-11-14-9(17-6-4-5-12)7(8(13)16)10(15-11)18-2/h3-6,12H2,1-2H3,(H2,13,16). The van der Waals surface area contributed by atoms with E-state index in [1.54, 1.807) is 0 Å². The Hall–Kier alpha value is -0.990. The first-order valence-corrected chi connectivity index (χ1v) is 8.06. The maximum absolute atomic E-state index is 11.5. The van der Waals surface area contributed by atoms with Crippen LogP contribution < -0.4 is 16.2 Å². The highest BCUT2D eigenvalue weighted by Gasteiger charge is 2.20. The van der Waals surface area contributed by atoms with Gasteiger partial charge in [-0.1, -0.05) is 18.7 Å². The predicted octanol–water partition coefficient (Wildman–Crippen LogP) is 1.14. The largest absolute Gasteiger partial charge is 0.477 e. The number of nitrogens with two attached hydrogens (primary N) is 2. The number of primary amides is 1. The van der Waals surface area contributed by atoms with Gasteiger partial charge in [-0.05, 0) is 25.0 Å². The van der Waals surface area contributed by atoms with Crippen molar-refractivity contribution in [1.82, 2.24) is 9.97 Å². The molecule has 6 nitrogen and oxygen atoms in total. The molecule has 0 fully saturated rings. The van der Waals surface area contributed by atoms with Crippen molar-refractivity contribution in [2.24, 2.45) is 11.5 Å². The molecule has 19 heavy (non-hydrogen) atoms. The van der Waals surface area contributed by atoms with Gasteiger partial charge in [-0.3, -0.25) is 4.79 Å². The predicted molar refractivity (Wildman–Crippen MR) is 77.9 cm³/mol. The minimum Gasteiger partial charge on any atom is -0.477 e. The van der Waals surface area contributed by atoms with E-state index in [1.165, 1.54) is 23.5 Å². The molecule has 106 valence electrons. The molecular weight excluding hydrogens is 284 g/mol. The third-order valence-electron chi connectivity index (χ3n) is 2.12. The lowest BCUT2D eigenvalue weighted by molar-refractivity contribution is 0.0991. The lowest BCUT2D eigenvalue weighted by Gasteiger charge is -2.12. The van der Waals surface area contributed by atoms with Crippen LogP contribution in [0.4, 0.5) is 0 Å². The van der Waals surface area contributed by atoms with Gasteiger partial charge in [0.25, 0.3) is 5.91 Å². The maximum Gasteiger partial charge on any atom is 0.256 e. The molecule has 0 aliphatic rings. The number of thioether (sulfide) groups is 2. The molecule has 4 N–H and O–H groups in total. The second-order valence-corrected chi connectivity index (χ2v) is 5.51. The summed E-state index contributed by atoms with van der Waals surface area (Å²) in [4.78, 5) is 20.1. The topological polar surface area (TPSA) is 104 Å². The Morgan fingerprint density at radius 2 is 2.16 bits per heavy atom. The molecule has 0 saturated carbocycles. The second kappa shape index (κ2) is 8.23. The van der Waals surface area contributed by atoms with Gasteiger partial charge in [-0.2, -0.15) is 4.98 Å². The number of aromatic nitrogens is 2. The molecule has 0 aromatic carbocycles. The molecule has 0 radical (unpaired) electrons. The molecule has 0 saturated heterocycles. The summed E-state index contributed by atoms with van der Waals surface area (Å²) in [5.74, 6) is 0.503. The van der Waals surface area contributed by atoms with Gasteiger partial charge < -0.3 is 16.2 Å². The number of amides is 1. The highest BCUT2D eigenvalue weighted by molar-refractivity contribution is 7.99. The van der Waals surface area contributed by atoms with Gasteiger partial charge in [0.2, 0.25) is 5.88 Å². The van der Waals surface area contributed by atoms with Crippen LogP contribution >= 0.6 is 23.5 Å². The fourth-order valence-electron chi connectivity index (χ4n) is 1.31. The summed E-state index contributed by atoms with van der Waals surface area (Å²) in [6.45, 7) is 2.92. The Kier molecular flexibility index (Phi) is 6.96. The molecule has 8 heteroatoms. The number of hydrogen-bond donors (Lipinski definition) is 2. The van der Waals surface area contributed by atoms with Gasteiger partial charge in [0, 0.05) is 0 Å². The van der Waals surface area contributed by atoms with Crippen molar-refractivity contribution in [3.8, 4) is 5.88 Å². The fraction of sp³-hybridized carbons (Fsp3) is 0.545. The van der Waals surface area contributed by atoms with Crippen LogP contribution in [0.5, 0.6) is 5.88 Å². The van der Waals surface area contributed by atoms with E-state index in [0.717, 1.165) is 5.75 Å². The fourth-order valence-corrected chi connectivity index (χ4v) is 2.50. The van der Waals surface area contributed by atoms with Crippen LogP contribution in [-0.2, 0) is 0 Å². The molecule has 1 aromatic rings. The molecule has 1 aromatic heterocycles. The summed E-state index contributed by atoms with van der Waals surface area (Å²) in [6.07, 6.45) is 2.52. The van der Waals surface area contributed by atoms with Gasteiger partial charge >= 0.3 is 0 Å². The summed E-state index contributed by atoms with van der Waals surface area (Å²) in [6, 6.07) is 0. The van der Waals surface area contributed by atoms with E-state index in [0.29, 0.717) is 29.8 Å².